The summed E-state index contributed by atoms with van der Waals surface area (Å²) in [5.41, 5.74) is 6.22. The number of nitrogens with two attached hydrogens (primary N) is 1. The predicted molar refractivity (Wildman–Crippen MR) is 83.9 cm³/mol. The third kappa shape index (κ3) is 3.76. The molecule has 0 saturated carbocycles. The first-order chi connectivity index (χ1) is 11.1. The summed E-state index contributed by atoms with van der Waals surface area (Å²) in [7, 11) is 0. The summed E-state index contributed by atoms with van der Waals surface area (Å²) in [6, 6.07) is 10.9. The molecule has 1 saturated heterocycles. The van der Waals surface area contributed by atoms with Gasteiger partial charge in [-0.15, -0.1) is 0 Å². The minimum absolute atomic E-state index is 0.227. The first-order valence-electron chi connectivity index (χ1n) is 7.47. The molecule has 0 unspecified atom stereocenters. The van der Waals surface area contributed by atoms with E-state index < -0.39 is 17.5 Å². The van der Waals surface area contributed by atoms with E-state index in [0.29, 0.717) is 19.6 Å². The van der Waals surface area contributed by atoms with Crippen molar-refractivity contribution < 1.29 is 9.47 Å². The van der Waals surface area contributed by atoms with E-state index in [1.165, 1.54) is 16.8 Å². The molecule has 0 amide bonds. The molecule has 1 aromatic carbocycles. The number of hydrogen-bond donors (Lipinski definition) is 2. The molecule has 0 bridgehead atoms. The van der Waals surface area contributed by atoms with Gasteiger partial charge in [0.15, 0.2) is 0 Å². The highest BCUT2D eigenvalue weighted by molar-refractivity contribution is 5.13. The van der Waals surface area contributed by atoms with Gasteiger partial charge in [-0.3, -0.25) is 14.3 Å². The van der Waals surface area contributed by atoms with Crippen molar-refractivity contribution in [2.24, 2.45) is 5.73 Å². The maximum Gasteiger partial charge on any atom is 0.330 e. The maximum atomic E-state index is 11.8. The lowest BCUT2D eigenvalue weighted by atomic mass is 10.1. The van der Waals surface area contributed by atoms with Gasteiger partial charge in [0, 0.05) is 24.7 Å². The molecule has 3 rings (SSSR count). The third-order valence-electron chi connectivity index (χ3n) is 3.84. The predicted octanol–water partition coefficient (Wildman–Crippen LogP) is 0.368. The quantitative estimate of drug-likeness (QED) is 0.830. The standard InChI is InChI=1S/C16H19N3O4/c17-12-8-15(19-7-6-14(20)18-16(19)21)23-13(12)10-22-9-11-4-2-1-3-5-11/h1-7,12-13,15H,8-10,17H2,(H,18,20,21)/t12-,13+,15+/m0/s1. The first kappa shape index (κ1) is 15.7. The van der Waals surface area contributed by atoms with Crippen LogP contribution in [0.2, 0.25) is 0 Å². The topological polar surface area (TPSA) is 99.3 Å². The van der Waals surface area contributed by atoms with Crippen LogP contribution in [0.15, 0.2) is 52.2 Å². The molecule has 23 heavy (non-hydrogen) atoms. The Labute approximate surface area is 132 Å². The average Bonchev–Trinajstić information content (AvgIpc) is 2.89. The van der Waals surface area contributed by atoms with Crippen molar-refractivity contribution in [1.82, 2.24) is 9.55 Å². The number of ether oxygens (including phenoxy) is 2. The third-order valence-corrected chi connectivity index (χ3v) is 3.84. The van der Waals surface area contributed by atoms with E-state index in [2.05, 4.69) is 4.98 Å². The Morgan fingerprint density at radius 1 is 1.26 bits per heavy atom. The van der Waals surface area contributed by atoms with Crippen LogP contribution in [0, 0.1) is 0 Å². The average molecular weight is 317 g/mol. The van der Waals surface area contributed by atoms with Crippen LogP contribution in [0.5, 0.6) is 0 Å². The minimum Gasteiger partial charge on any atom is -0.374 e. The van der Waals surface area contributed by atoms with E-state index in [-0.39, 0.29) is 12.1 Å². The Morgan fingerprint density at radius 3 is 2.78 bits per heavy atom. The molecular weight excluding hydrogens is 298 g/mol. The van der Waals surface area contributed by atoms with E-state index in [9.17, 15) is 9.59 Å². The van der Waals surface area contributed by atoms with Gasteiger partial charge >= 0.3 is 5.69 Å². The molecule has 122 valence electrons. The number of nitrogens with one attached hydrogen (secondary N) is 1. The van der Waals surface area contributed by atoms with Crippen LogP contribution in [-0.4, -0.2) is 28.3 Å². The van der Waals surface area contributed by atoms with Crippen molar-refractivity contribution in [3.05, 3.63) is 69.0 Å². The smallest absolute Gasteiger partial charge is 0.330 e. The lowest BCUT2D eigenvalue weighted by Crippen LogP contribution is -2.33. The molecule has 0 aliphatic carbocycles. The van der Waals surface area contributed by atoms with Gasteiger partial charge in [-0.05, 0) is 5.56 Å². The van der Waals surface area contributed by atoms with Gasteiger partial charge in [0.2, 0.25) is 0 Å². The molecule has 3 atom stereocenters. The van der Waals surface area contributed by atoms with Gasteiger partial charge in [-0.1, -0.05) is 30.3 Å². The summed E-state index contributed by atoms with van der Waals surface area (Å²) < 4.78 is 12.8. The highest BCUT2D eigenvalue weighted by Gasteiger charge is 2.34. The highest BCUT2D eigenvalue weighted by atomic mass is 16.6. The van der Waals surface area contributed by atoms with Crippen molar-refractivity contribution in [1.29, 1.82) is 0 Å². The number of H-pyrrole nitrogens is 1. The van der Waals surface area contributed by atoms with Gasteiger partial charge in [-0.2, -0.15) is 0 Å². The minimum atomic E-state index is -0.499. The molecule has 3 N–H and O–H groups in total. The molecular formula is C16H19N3O4. The largest absolute Gasteiger partial charge is 0.374 e. The van der Waals surface area contributed by atoms with E-state index >= 15 is 0 Å². The van der Waals surface area contributed by atoms with Gasteiger partial charge < -0.3 is 15.2 Å². The fourth-order valence-electron chi connectivity index (χ4n) is 2.61. The second-order valence-electron chi connectivity index (χ2n) is 5.55. The van der Waals surface area contributed by atoms with Crippen LogP contribution in [-0.2, 0) is 16.1 Å². The maximum absolute atomic E-state index is 11.8. The van der Waals surface area contributed by atoms with Crippen molar-refractivity contribution in [2.45, 2.75) is 31.4 Å². The molecule has 1 aliphatic rings. The van der Waals surface area contributed by atoms with Crippen molar-refractivity contribution in [2.75, 3.05) is 6.61 Å². The van der Waals surface area contributed by atoms with Crippen molar-refractivity contribution >= 4 is 0 Å². The zero-order valence-electron chi connectivity index (χ0n) is 12.6. The lowest BCUT2D eigenvalue weighted by molar-refractivity contribution is -0.0488. The molecule has 1 aromatic heterocycles. The van der Waals surface area contributed by atoms with E-state index in [4.69, 9.17) is 15.2 Å². The summed E-state index contributed by atoms with van der Waals surface area (Å²) in [4.78, 5) is 25.1. The summed E-state index contributed by atoms with van der Waals surface area (Å²) >= 11 is 0. The van der Waals surface area contributed by atoms with E-state index in [1.54, 1.807) is 0 Å². The summed E-state index contributed by atoms with van der Waals surface area (Å²) in [6.45, 7) is 0.835. The van der Waals surface area contributed by atoms with Crippen molar-refractivity contribution in [3.63, 3.8) is 0 Å². The summed E-state index contributed by atoms with van der Waals surface area (Å²) in [5.74, 6) is 0. The molecule has 7 nitrogen and oxygen atoms in total. The monoisotopic (exact) mass is 317 g/mol. The zero-order chi connectivity index (χ0) is 16.2. The van der Waals surface area contributed by atoms with Gasteiger partial charge in [0.25, 0.3) is 5.56 Å². The highest BCUT2D eigenvalue weighted by Crippen LogP contribution is 2.26. The number of aromatic nitrogens is 2. The Kier molecular flexibility index (Phi) is 4.71. The fourth-order valence-corrected chi connectivity index (χ4v) is 2.61. The van der Waals surface area contributed by atoms with Crippen molar-refractivity contribution in [3.8, 4) is 0 Å². The molecule has 2 aromatic rings. The Bertz CT molecular complexity index is 756. The van der Waals surface area contributed by atoms with Crippen LogP contribution in [0.4, 0.5) is 0 Å². The number of hydrogen-bond acceptors (Lipinski definition) is 5. The number of aromatic amines is 1. The molecule has 7 heteroatoms. The molecule has 0 spiro atoms. The molecule has 1 aliphatic heterocycles. The molecule has 1 fully saturated rings. The molecule has 0 radical (unpaired) electrons. The molecule has 2 heterocycles. The van der Waals surface area contributed by atoms with Crippen LogP contribution >= 0.6 is 0 Å². The normalized spacial score (nSPS) is 24.0. The summed E-state index contributed by atoms with van der Waals surface area (Å²) in [6.07, 6.45) is 1.14. The van der Waals surface area contributed by atoms with Crippen LogP contribution in [0.1, 0.15) is 18.2 Å². The SMILES string of the molecule is N[C@H]1C[C@H](n2ccc(=O)[nH]c2=O)O[C@@H]1COCc1ccccc1. The van der Waals surface area contributed by atoms with E-state index in [0.717, 1.165) is 5.56 Å². The fraction of sp³-hybridized carbons (Fsp3) is 0.375. The second-order valence-corrected chi connectivity index (χ2v) is 5.55. The Balaban J connectivity index is 1.58. The van der Waals surface area contributed by atoms with Gasteiger partial charge in [0.1, 0.15) is 6.23 Å². The van der Waals surface area contributed by atoms with Crippen LogP contribution < -0.4 is 17.0 Å². The Morgan fingerprint density at radius 2 is 2.04 bits per heavy atom. The van der Waals surface area contributed by atoms with Gasteiger partial charge in [-0.25, -0.2) is 4.79 Å². The number of benzene rings is 1. The van der Waals surface area contributed by atoms with Crippen LogP contribution in [0.25, 0.3) is 0 Å². The van der Waals surface area contributed by atoms with Gasteiger partial charge in [0.05, 0.1) is 19.3 Å². The first-order valence-corrected chi connectivity index (χ1v) is 7.47. The van der Waals surface area contributed by atoms with Crippen LogP contribution in [0.3, 0.4) is 0 Å². The number of nitrogens with zero attached hydrogens (tertiary/aromatic N) is 1. The zero-order valence-corrected chi connectivity index (χ0v) is 12.6. The summed E-state index contributed by atoms with van der Waals surface area (Å²) in [5, 5.41) is 0. The van der Waals surface area contributed by atoms with E-state index in [1.807, 2.05) is 30.3 Å². The number of rotatable bonds is 5. The lowest BCUT2D eigenvalue weighted by Gasteiger charge is -2.16. The Hall–Kier alpha value is -2.22. The second kappa shape index (κ2) is 6.91.